The lowest BCUT2D eigenvalue weighted by Gasteiger charge is -2.37. The molecule has 2 saturated heterocycles. The van der Waals surface area contributed by atoms with E-state index in [1.807, 2.05) is 6.07 Å². The van der Waals surface area contributed by atoms with Gasteiger partial charge in [0.25, 0.3) is 0 Å². The van der Waals surface area contributed by atoms with Crippen LogP contribution in [0.1, 0.15) is 18.4 Å². The third kappa shape index (κ3) is 5.68. The Morgan fingerprint density at radius 3 is 2.61 bits per heavy atom. The Kier molecular flexibility index (Phi) is 7.76. The Hall–Kier alpha value is -0.200. The first-order valence-corrected chi connectivity index (χ1v) is 9.09. The van der Waals surface area contributed by atoms with Crippen LogP contribution in [0.4, 0.5) is 4.39 Å². The number of piperidine rings is 1. The van der Waals surface area contributed by atoms with Crippen LogP contribution in [0.25, 0.3) is 0 Å². The number of benzene rings is 1. The highest BCUT2D eigenvalue weighted by molar-refractivity contribution is 9.10. The second-order valence-corrected chi connectivity index (χ2v) is 7.44. The van der Waals surface area contributed by atoms with Crippen molar-refractivity contribution in [2.75, 3.05) is 45.8 Å². The van der Waals surface area contributed by atoms with Gasteiger partial charge in [0.2, 0.25) is 0 Å². The minimum Gasteiger partial charge on any atom is -0.316 e. The molecule has 2 fully saturated rings. The molecule has 3 rings (SSSR count). The van der Waals surface area contributed by atoms with Crippen molar-refractivity contribution in [1.82, 2.24) is 15.1 Å². The van der Waals surface area contributed by atoms with Gasteiger partial charge in [0, 0.05) is 49.3 Å². The van der Waals surface area contributed by atoms with Crippen LogP contribution in [0.3, 0.4) is 0 Å². The third-order valence-electron chi connectivity index (χ3n) is 4.78. The van der Waals surface area contributed by atoms with E-state index < -0.39 is 0 Å². The molecule has 0 saturated carbocycles. The van der Waals surface area contributed by atoms with Gasteiger partial charge in [-0.1, -0.05) is 15.9 Å². The molecule has 130 valence electrons. The third-order valence-corrected chi connectivity index (χ3v) is 5.28. The van der Waals surface area contributed by atoms with Crippen molar-refractivity contribution in [3.63, 3.8) is 0 Å². The fourth-order valence-corrected chi connectivity index (χ4v) is 3.89. The summed E-state index contributed by atoms with van der Waals surface area (Å²) in [7, 11) is 0. The van der Waals surface area contributed by atoms with Gasteiger partial charge in [-0.05, 0) is 50.0 Å². The molecule has 2 aliphatic heterocycles. The number of nitrogens with zero attached hydrogens (tertiary/aromatic N) is 2. The first-order chi connectivity index (χ1) is 10.7. The van der Waals surface area contributed by atoms with E-state index in [1.54, 1.807) is 12.1 Å². The van der Waals surface area contributed by atoms with E-state index in [0.29, 0.717) is 6.54 Å². The van der Waals surface area contributed by atoms with E-state index >= 15 is 0 Å². The van der Waals surface area contributed by atoms with E-state index in [9.17, 15) is 4.39 Å². The number of rotatable bonds is 4. The minimum atomic E-state index is -0.0982. The monoisotopic (exact) mass is 405 g/mol. The van der Waals surface area contributed by atoms with Gasteiger partial charge in [0.1, 0.15) is 5.82 Å². The van der Waals surface area contributed by atoms with E-state index in [-0.39, 0.29) is 18.2 Å². The largest absolute Gasteiger partial charge is 0.316 e. The smallest absolute Gasteiger partial charge is 0.127 e. The normalized spacial score (nSPS) is 23.5. The number of halogens is 3. The quantitative estimate of drug-likeness (QED) is 0.829. The fraction of sp³-hybridized carbons (Fsp3) is 0.647. The minimum absolute atomic E-state index is 0. The Labute approximate surface area is 153 Å². The number of hydrogen-bond donors (Lipinski definition) is 1. The lowest BCUT2D eigenvalue weighted by atomic mass is 9.99. The van der Waals surface area contributed by atoms with Gasteiger partial charge >= 0.3 is 0 Å². The summed E-state index contributed by atoms with van der Waals surface area (Å²) in [5.41, 5.74) is 0.791. The number of nitrogens with one attached hydrogen (secondary N) is 1. The van der Waals surface area contributed by atoms with Crippen LogP contribution in [0, 0.1) is 11.7 Å². The molecule has 0 aliphatic carbocycles. The summed E-state index contributed by atoms with van der Waals surface area (Å²) >= 11 is 3.43. The van der Waals surface area contributed by atoms with Gasteiger partial charge in [0.05, 0.1) is 0 Å². The predicted molar refractivity (Wildman–Crippen MR) is 98.7 cm³/mol. The zero-order valence-electron chi connectivity index (χ0n) is 13.4. The number of piperazine rings is 1. The average Bonchev–Trinajstić information content (AvgIpc) is 2.54. The van der Waals surface area contributed by atoms with Crippen LogP contribution in [-0.2, 0) is 6.54 Å². The van der Waals surface area contributed by atoms with Crippen molar-refractivity contribution in [2.45, 2.75) is 19.4 Å². The summed E-state index contributed by atoms with van der Waals surface area (Å²) in [5, 5.41) is 3.49. The SMILES string of the molecule is Cl.Fc1ccc(Br)cc1CN1CCN(CC2CCCNC2)CC1. The molecule has 0 spiro atoms. The molecular weight excluding hydrogens is 381 g/mol. The van der Waals surface area contributed by atoms with Crippen LogP contribution in [0.15, 0.2) is 22.7 Å². The van der Waals surface area contributed by atoms with Gasteiger partial charge < -0.3 is 10.2 Å². The summed E-state index contributed by atoms with van der Waals surface area (Å²) in [4.78, 5) is 4.94. The summed E-state index contributed by atoms with van der Waals surface area (Å²) in [5.74, 6) is 0.710. The van der Waals surface area contributed by atoms with Crippen molar-refractivity contribution in [1.29, 1.82) is 0 Å². The molecule has 0 bridgehead atoms. The summed E-state index contributed by atoms with van der Waals surface area (Å²) in [6.07, 6.45) is 2.67. The molecular formula is C17H26BrClFN3. The van der Waals surface area contributed by atoms with Crippen molar-refractivity contribution in [3.05, 3.63) is 34.1 Å². The summed E-state index contributed by atoms with van der Waals surface area (Å²) in [6, 6.07) is 5.20. The van der Waals surface area contributed by atoms with Gasteiger partial charge in [-0.3, -0.25) is 4.90 Å². The number of hydrogen-bond acceptors (Lipinski definition) is 3. The van der Waals surface area contributed by atoms with E-state index in [0.717, 1.165) is 42.1 Å². The second kappa shape index (κ2) is 9.33. The molecule has 2 heterocycles. The van der Waals surface area contributed by atoms with E-state index in [1.165, 1.54) is 32.5 Å². The first-order valence-electron chi connectivity index (χ1n) is 8.30. The van der Waals surface area contributed by atoms with Crippen molar-refractivity contribution in [3.8, 4) is 0 Å². The average molecular weight is 407 g/mol. The Morgan fingerprint density at radius 2 is 1.91 bits per heavy atom. The van der Waals surface area contributed by atoms with E-state index in [4.69, 9.17) is 0 Å². The topological polar surface area (TPSA) is 18.5 Å². The summed E-state index contributed by atoms with van der Waals surface area (Å²) in [6.45, 7) is 8.55. The predicted octanol–water partition coefficient (Wildman–Crippen LogP) is 3.13. The van der Waals surface area contributed by atoms with Gasteiger partial charge in [-0.2, -0.15) is 0 Å². The maximum Gasteiger partial charge on any atom is 0.127 e. The maximum absolute atomic E-state index is 13.8. The first kappa shape index (κ1) is 19.1. The van der Waals surface area contributed by atoms with Crippen molar-refractivity contribution in [2.24, 2.45) is 5.92 Å². The standard InChI is InChI=1S/C17H25BrFN3.ClH/c18-16-3-4-17(19)15(10-16)13-22-8-6-21(7-9-22)12-14-2-1-5-20-11-14;/h3-4,10,14,20H,1-2,5-9,11-13H2;1H. The molecule has 2 aliphatic rings. The highest BCUT2D eigenvalue weighted by Crippen LogP contribution is 2.19. The van der Waals surface area contributed by atoms with Crippen LogP contribution in [0.5, 0.6) is 0 Å². The molecule has 1 unspecified atom stereocenters. The molecule has 3 nitrogen and oxygen atoms in total. The van der Waals surface area contributed by atoms with Crippen LogP contribution < -0.4 is 5.32 Å². The fourth-order valence-electron chi connectivity index (χ4n) is 3.48. The Morgan fingerprint density at radius 1 is 1.17 bits per heavy atom. The van der Waals surface area contributed by atoms with Gasteiger partial charge in [-0.25, -0.2) is 4.39 Å². The van der Waals surface area contributed by atoms with Crippen molar-refractivity contribution >= 4 is 28.3 Å². The maximum atomic E-state index is 13.8. The van der Waals surface area contributed by atoms with Crippen LogP contribution >= 0.6 is 28.3 Å². The molecule has 6 heteroatoms. The molecule has 23 heavy (non-hydrogen) atoms. The zero-order chi connectivity index (χ0) is 15.4. The van der Waals surface area contributed by atoms with Gasteiger partial charge in [0.15, 0.2) is 0 Å². The molecule has 0 radical (unpaired) electrons. The molecule has 0 amide bonds. The van der Waals surface area contributed by atoms with Crippen molar-refractivity contribution < 1.29 is 4.39 Å². The highest BCUT2D eigenvalue weighted by Gasteiger charge is 2.21. The van der Waals surface area contributed by atoms with E-state index in [2.05, 4.69) is 31.0 Å². The molecule has 0 aromatic heterocycles. The lowest BCUT2D eigenvalue weighted by Crippen LogP contribution is -2.48. The van der Waals surface area contributed by atoms with Gasteiger partial charge in [-0.15, -0.1) is 12.4 Å². The lowest BCUT2D eigenvalue weighted by molar-refractivity contribution is 0.107. The second-order valence-electron chi connectivity index (χ2n) is 6.52. The molecule has 1 aromatic rings. The highest BCUT2D eigenvalue weighted by atomic mass is 79.9. The molecule has 1 aromatic carbocycles. The Balaban J connectivity index is 0.00000192. The Bertz CT molecular complexity index is 489. The summed E-state index contributed by atoms with van der Waals surface area (Å²) < 4.78 is 14.8. The zero-order valence-corrected chi connectivity index (χ0v) is 15.8. The molecule has 1 N–H and O–H groups in total. The van der Waals surface area contributed by atoms with Crippen LogP contribution in [-0.4, -0.2) is 55.6 Å². The molecule has 1 atom stereocenters. The van der Waals surface area contributed by atoms with Crippen LogP contribution in [0.2, 0.25) is 0 Å².